The van der Waals surface area contributed by atoms with E-state index < -0.39 is 6.10 Å². The summed E-state index contributed by atoms with van der Waals surface area (Å²) in [5.74, 6) is 0.469. The minimum atomic E-state index is -0.762. The SMILES string of the molecule is CC(C)C[C@H](N)[C@H](O)CO. The molecule has 0 aromatic heterocycles. The fraction of sp³-hybridized carbons (Fsp3) is 1.00. The molecule has 0 unspecified atom stereocenters. The summed E-state index contributed by atoms with van der Waals surface area (Å²) in [6.07, 6.45) is -0.00995. The molecule has 0 aliphatic carbocycles. The van der Waals surface area contributed by atoms with Gasteiger partial charge < -0.3 is 15.9 Å². The van der Waals surface area contributed by atoms with Gasteiger partial charge in [-0.15, -0.1) is 0 Å². The maximum Gasteiger partial charge on any atom is 0.0921 e. The van der Waals surface area contributed by atoms with Gasteiger partial charge in [0, 0.05) is 6.04 Å². The van der Waals surface area contributed by atoms with E-state index in [0.717, 1.165) is 6.42 Å². The van der Waals surface area contributed by atoms with Gasteiger partial charge in [0.15, 0.2) is 0 Å². The van der Waals surface area contributed by atoms with Gasteiger partial charge in [-0.2, -0.15) is 0 Å². The van der Waals surface area contributed by atoms with Crippen LogP contribution >= 0.6 is 0 Å². The van der Waals surface area contributed by atoms with E-state index in [2.05, 4.69) is 0 Å². The second-order valence-electron chi connectivity index (χ2n) is 3.04. The molecule has 2 atom stereocenters. The minimum Gasteiger partial charge on any atom is -0.394 e. The zero-order valence-electron chi connectivity index (χ0n) is 6.62. The highest BCUT2D eigenvalue weighted by molar-refractivity contribution is 4.71. The fourth-order valence-corrected chi connectivity index (χ4v) is 0.837. The molecule has 0 saturated heterocycles. The number of rotatable bonds is 4. The Labute approximate surface area is 61.9 Å². The number of hydrogen-bond donors (Lipinski definition) is 3. The van der Waals surface area contributed by atoms with Crippen LogP contribution in [0, 0.1) is 5.92 Å². The smallest absolute Gasteiger partial charge is 0.0921 e. The third-order valence-electron chi connectivity index (χ3n) is 1.42. The Morgan fingerprint density at radius 3 is 2.20 bits per heavy atom. The second kappa shape index (κ2) is 4.66. The van der Waals surface area contributed by atoms with Crippen LogP contribution in [0.3, 0.4) is 0 Å². The summed E-state index contributed by atoms with van der Waals surface area (Å²) in [4.78, 5) is 0. The highest BCUT2D eigenvalue weighted by Crippen LogP contribution is 2.05. The van der Waals surface area contributed by atoms with E-state index in [4.69, 9.17) is 15.9 Å². The summed E-state index contributed by atoms with van der Waals surface area (Å²) in [7, 11) is 0. The van der Waals surface area contributed by atoms with Crippen LogP contribution in [0.5, 0.6) is 0 Å². The van der Waals surface area contributed by atoms with Gasteiger partial charge in [0.2, 0.25) is 0 Å². The van der Waals surface area contributed by atoms with Crippen molar-refractivity contribution in [2.24, 2.45) is 11.7 Å². The van der Waals surface area contributed by atoms with Crippen LogP contribution in [0.4, 0.5) is 0 Å². The molecule has 0 fully saturated rings. The number of hydrogen-bond acceptors (Lipinski definition) is 3. The summed E-state index contributed by atoms with van der Waals surface area (Å²) in [6.45, 7) is 3.82. The number of aliphatic hydroxyl groups excluding tert-OH is 2. The van der Waals surface area contributed by atoms with Gasteiger partial charge in [-0.1, -0.05) is 13.8 Å². The van der Waals surface area contributed by atoms with Gasteiger partial charge in [-0.25, -0.2) is 0 Å². The highest BCUT2D eigenvalue weighted by Gasteiger charge is 2.14. The lowest BCUT2D eigenvalue weighted by Crippen LogP contribution is -2.38. The first-order valence-corrected chi connectivity index (χ1v) is 3.62. The third kappa shape index (κ3) is 3.82. The van der Waals surface area contributed by atoms with Crippen molar-refractivity contribution >= 4 is 0 Å². The third-order valence-corrected chi connectivity index (χ3v) is 1.42. The van der Waals surface area contributed by atoms with Crippen LogP contribution in [-0.4, -0.2) is 29.0 Å². The predicted molar refractivity (Wildman–Crippen MR) is 40.5 cm³/mol. The number of nitrogens with two attached hydrogens (primary N) is 1. The van der Waals surface area contributed by atoms with Gasteiger partial charge >= 0.3 is 0 Å². The van der Waals surface area contributed by atoms with Gasteiger partial charge in [0.05, 0.1) is 12.7 Å². The maximum absolute atomic E-state index is 9.00. The average molecular weight is 147 g/mol. The van der Waals surface area contributed by atoms with Crippen LogP contribution in [0.15, 0.2) is 0 Å². The van der Waals surface area contributed by atoms with Crippen LogP contribution < -0.4 is 5.73 Å². The molecule has 0 rings (SSSR count). The quantitative estimate of drug-likeness (QED) is 0.512. The average Bonchev–Trinajstić information content (AvgIpc) is 1.85. The Balaban J connectivity index is 3.50. The van der Waals surface area contributed by atoms with Crippen molar-refractivity contribution in [2.75, 3.05) is 6.61 Å². The van der Waals surface area contributed by atoms with Crippen molar-refractivity contribution in [3.63, 3.8) is 0 Å². The van der Waals surface area contributed by atoms with E-state index in [1.807, 2.05) is 13.8 Å². The summed E-state index contributed by atoms with van der Waals surface area (Å²) in [5, 5.41) is 17.5. The molecule has 0 amide bonds. The van der Waals surface area contributed by atoms with Gasteiger partial charge in [-0.3, -0.25) is 0 Å². The Morgan fingerprint density at radius 2 is 1.90 bits per heavy atom. The molecule has 0 aliphatic rings. The summed E-state index contributed by atoms with van der Waals surface area (Å²) in [5.41, 5.74) is 5.52. The molecule has 0 radical (unpaired) electrons. The molecule has 0 aliphatic heterocycles. The second-order valence-corrected chi connectivity index (χ2v) is 3.04. The van der Waals surface area contributed by atoms with Crippen molar-refractivity contribution in [3.05, 3.63) is 0 Å². The number of aliphatic hydroxyl groups is 2. The standard InChI is InChI=1S/C7H17NO2/c1-5(2)3-6(8)7(10)4-9/h5-7,9-10H,3-4,8H2,1-2H3/t6-,7+/m0/s1. The molecule has 0 saturated carbocycles. The normalized spacial score (nSPS) is 17.4. The van der Waals surface area contributed by atoms with Gasteiger partial charge in [-0.05, 0) is 12.3 Å². The lowest BCUT2D eigenvalue weighted by Gasteiger charge is -2.17. The lowest BCUT2D eigenvalue weighted by molar-refractivity contribution is 0.0683. The van der Waals surface area contributed by atoms with E-state index in [1.54, 1.807) is 0 Å². The fourth-order valence-electron chi connectivity index (χ4n) is 0.837. The molecule has 0 aromatic rings. The largest absolute Gasteiger partial charge is 0.394 e. The van der Waals surface area contributed by atoms with Crippen molar-refractivity contribution in [1.82, 2.24) is 0 Å². The minimum absolute atomic E-state index is 0.242. The Morgan fingerprint density at radius 1 is 1.40 bits per heavy atom. The van der Waals surface area contributed by atoms with E-state index in [9.17, 15) is 0 Å². The van der Waals surface area contributed by atoms with E-state index >= 15 is 0 Å². The zero-order chi connectivity index (χ0) is 8.15. The zero-order valence-corrected chi connectivity index (χ0v) is 6.62. The molecule has 4 N–H and O–H groups in total. The molecule has 3 heteroatoms. The van der Waals surface area contributed by atoms with Crippen LogP contribution in [-0.2, 0) is 0 Å². The van der Waals surface area contributed by atoms with Gasteiger partial charge in [0.25, 0.3) is 0 Å². The van der Waals surface area contributed by atoms with E-state index in [1.165, 1.54) is 0 Å². The molecule has 62 valence electrons. The Kier molecular flexibility index (Phi) is 4.60. The molecule has 0 spiro atoms. The predicted octanol–water partition coefficient (Wildman–Crippen LogP) is -0.287. The topological polar surface area (TPSA) is 66.5 Å². The molecule has 0 heterocycles. The van der Waals surface area contributed by atoms with Crippen molar-refractivity contribution in [1.29, 1.82) is 0 Å². The van der Waals surface area contributed by atoms with Crippen LogP contribution in [0.1, 0.15) is 20.3 Å². The summed E-state index contributed by atoms with van der Waals surface area (Å²) < 4.78 is 0. The molecular weight excluding hydrogens is 130 g/mol. The highest BCUT2D eigenvalue weighted by atomic mass is 16.3. The van der Waals surface area contributed by atoms with Crippen molar-refractivity contribution in [2.45, 2.75) is 32.4 Å². The summed E-state index contributed by atoms with van der Waals surface area (Å²) in [6, 6.07) is -0.287. The van der Waals surface area contributed by atoms with Crippen LogP contribution in [0.2, 0.25) is 0 Å². The first kappa shape index (κ1) is 9.88. The van der Waals surface area contributed by atoms with Crippen molar-refractivity contribution in [3.8, 4) is 0 Å². The Hall–Kier alpha value is -0.120. The Bertz CT molecular complexity index is 85.7. The van der Waals surface area contributed by atoms with Gasteiger partial charge in [0.1, 0.15) is 0 Å². The monoisotopic (exact) mass is 147 g/mol. The maximum atomic E-state index is 9.00. The van der Waals surface area contributed by atoms with Crippen molar-refractivity contribution < 1.29 is 10.2 Å². The first-order valence-electron chi connectivity index (χ1n) is 3.62. The molecule has 0 aromatic carbocycles. The van der Waals surface area contributed by atoms with Crippen LogP contribution in [0.25, 0.3) is 0 Å². The lowest BCUT2D eigenvalue weighted by atomic mass is 10.0. The molecule has 10 heavy (non-hydrogen) atoms. The first-order chi connectivity index (χ1) is 4.57. The van der Waals surface area contributed by atoms with E-state index in [0.29, 0.717) is 5.92 Å². The molecule has 0 bridgehead atoms. The molecule has 3 nitrogen and oxygen atoms in total. The van der Waals surface area contributed by atoms with E-state index in [-0.39, 0.29) is 12.6 Å². The summed E-state index contributed by atoms with van der Waals surface area (Å²) >= 11 is 0. The molecular formula is C7H17NO2.